The molecule has 0 spiro atoms. The molecule has 1 aromatic carbocycles. The summed E-state index contributed by atoms with van der Waals surface area (Å²) in [4.78, 5) is 12.1. The van der Waals surface area contributed by atoms with Crippen molar-refractivity contribution >= 4 is 17.5 Å². The van der Waals surface area contributed by atoms with E-state index in [-0.39, 0.29) is 11.8 Å². The average molecular weight is 283 g/mol. The molecule has 19 heavy (non-hydrogen) atoms. The predicted octanol–water partition coefficient (Wildman–Crippen LogP) is 1.96. The molecule has 0 unspecified atom stereocenters. The van der Waals surface area contributed by atoms with Gasteiger partial charge in [-0.3, -0.25) is 4.79 Å². The first-order valence-corrected chi connectivity index (χ1v) is 6.90. The molecule has 5 heteroatoms. The number of amides is 1. The largest absolute Gasteiger partial charge is 0.496 e. The van der Waals surface area contributed by atoms with Gasteiger partial charge >= 0.3 is 0 Å². The van der Waals surface area contributed by atoms with Crippen LogP contribution in [0.4, 0.5) is 0 Å². The molecule has 1 aliphatic heterocycles. The summed E-state index contributed by atoms with van der Waals surface area (Å²) in [6.45, 7) is 2.23. The fraction of sp³-hybridized carbons (Fsp3) is 0.500. The van der Waals surface area contributed by atoms with Gasteiger partial charge in [-0.05, 0) is 38.1 Å². The van der Waals surface area contributed by atoms with Crippen LogP contribution in [0.1, 0.15) is 18.4 Å². The molecule has 0 bridgehead atoms. The molecule has 0 aromatic heterocycles. The van der Waals surface area contributed by atoms with Crippen molar-refractivity contribution in [1.29, 1.82) is 0 Å². The summed E-state index contributed by atoms with van der Waals surface area (Å²) in [5, 5.41) is 6.82. The van der Waals surface area contributed by atoms with Gasteiger partial charge in [0.25, 0.3) is 0 Å². The third-order valence-electron chi connectivity index (χ3n) is 3.45. The molecule has 1 fully saturated rings. The maximum absolute atomic E-state index is 12.1. The Kier molecular flexibility index (Phi) is 5.05. The summed E-state index contributed by atoms with van der Waals surface area (Å²) in [6, 6.07) is 5.48. The summed E-state index contributed by atoms with van der Waals surface area (Å²) in [7, 11) is 1.60. The van der Waals surface area contributed by atoms with E-state index in [1.165, 1.54) is 0 Å². The Bertz CT molecular complexity index is 445. The number of ether oxygens (including phenoxy) is 1. The number of carbonyl (C=O) groups is 1. The van der Waals surface area contributed by atoms with E-state index in [1.54, 1.807) is 13.2 Å². The van der Waals surface area contributed by atoms with Crippen LogP contribution in [0.2, 0.25) is 5.02 Å². The van der Waals surface area contributed by atoms with Crippen molar-refractivity contribution in [2.75, 3.05) is 20.2 Å². The SMILES string of the molecule is COc1cccc(Cl)c1CNC(=O)C1CCNCC1. The van der Waals surface area contributed by atoms with Crippen LogP contribution in [0.25, 0.3) is 0 Å². The van der Waals surface area contributed by atoms with E-state index in [0.29, 0.717) is 17.3 Å². The Labute approximate surface area is 118 Å². The summed E-state index contributed by atoms with van der Waals surface area (Å²) < 4.78 is 5.26. The highest BCUT2D eigenvalue weighted by Gasteiger charge is 2.21. The van der Waals surface area contributed by atoms with Gasteiger partial charge in [0.2, 0.25) is 5.91 Å². The van der Waals surface area contributed by atoms with E-state index in [0.717, 1.165) is 31.5 Å². The van der Waals surface area contributed by atoms with Gasteiger partial charge in [-0.1, -0.05) is 17.7 Å². The van der Waals surface area contributed by atoms with Gasteiger partial charge in [0, 0.05) is 23.0 Å². The van der Waals surface area contributed by atoms with Gasteiger partial charge < -0.3 is 15.4 Å². The first-order chi connectivity index (χ1) is 9.22. The molecule has 0 radical (unpaired) electrons. The van der Waals surface area contributed by atoms with E-state index >= 15 is 0 Å². The molecule has 1 aliphatic rings. The number of benzene rings is 1. The van der Waals surface area contributed by atoms with Crippen molar-refractivity contribution in [3.05, 3.63) is 28.8 Å². The molecule has 2 rings (SSSR count). The monoisotopic (exact) mass is 282 g/mol. The molecule has 1 aromatic rings. The quantitative estimate of drug-likeness (QED) is 0.888. The first kappa shape index (κ1) is 14.2. The Hall–Kier alpha value is -1.26. The third kappa shape index (κ3) is 3.61. The van der Waals surface area contributed by atoms with Crippen molar-refractivity contribution in [1.82, 2.24) is 10.6 Å². The van der Waals surface area contributed by atoms with Gasteiger partial charge in [0.1, 0.15) is 5.75 Å². The van der Waals surface area contributed by atoms with Gasteiger partial charge in [-0.15, -0.1) is 0 Å². The van der Waals surface area contributed by atoms with E-state index in [2.05, 4.69) is 10.6 Å². The normalized spacial score (nSPS) is 16.1. The minimum atomic E-state index is 0.100. The molecule has 104 valence electrons. The van der Waals surface area contributed by atoms with Crippen LogP contribution >= 0.6 is 11.6 Å². The fourth-order valence-corrected chi connectivity index (χ4v) is 2.54. The van der Waals surface area contributed by atoms with Crippen LogP contribution in [0.15, 0.2) is 18.2 Å². The Morgan fingerprint density at radius 3 is 2.89 bits per heavy atom. The zero-order valence-electron chi connectivity index (χ0n) is 11.0. The molecular weight excluding hydrogens is 264 g/mol. The Morgan fingerprint density at radius 1 is 1.47 bits per heavy atom. The fourth-order valence-electron chi connectivity index (χ4n) is 2.31. The highest BCUT2D eigenvalue weighted by atomic mass is 35.5. The number of hydrogen-bond acceptors (Lipinski definition) is 3. The molecular formula is C14H19ClN2O2. The van der Waals surface area contributed by atoms with Crippen molar-refractivity contribution in [2.24, 2.45) is 5.92 Å². The smallest absolute Gasteiger partial charge is 0.223 e. The molecule has 1 heterocycles. The highest BCUT2D eigenvalue weighted by molar-refractivity contribution is 6.31. The molecule has 0 aliphatic carbocycles. The number of hydrogen-bond donors (Lipinski definition) is 2. The summed E-state index contributed by atoms with van der Waals surface area (Å²) >= 11 is 6.14. The number of halogens is 1. The lowest BCUT2D eigenvalue weighted by atomic mass is 9.97. The van der Waals surface area contributed by atoms with Crippen LogP contribution < -0.4 is 15.4 Å². The zero-order valence-corrected chi connectivity index (χ0v) is 11.8. The number of piperidine rings is 1. The van der Waals surface area contributed by atoms with Crippen molar-refractivity contribution < 1.29 is 9.53 Å². The topological polar surface area (TPSA) is 50.4 Å². The second-order valence-corrected chi connectivity index (χ2v) is 5.07. The summed E-state index contributed by atoms with van der Waals surface area (Å²) in [6.07, 6.45) is 1.79. The number of carbonyl (C=O) groups excluding carboxylic acids is 1. The minimum absolute atomic E-state index is 0.100. The van der Waals surface area contributed by atoms with Crippen molar-refractivity contribution in [3.8, 4) is 5.75 Å². The maximum Gasteiger partial charge on any atom is 0.223 e. The van der Waals surface area contributed by atoms with Gasteiger partial charge in [0.05, 0.1) is 7.11 Å². The lowest BCUT2D eigenvalue weighted by molar-refractivity contribution is -0.125. The lowest BCUT2D eigenvalue weighted by Gasteiger charge is -2.22. The van der Waals surface area contributed by atoms with E-state index in [9.17, 15) is 4.79 Å². The van der Waals surface area contributed by atoms with Crippen LogP contribution in [0.3, 0.4) is 0 Å². The lowest BCUT2D eigenvalue weighted by Crippen LogP contribution is -2.37. The van der Waals surface area contributed by atoms with Crippen LogP contribution in [0.5, 0.6) is 5.75 Å². The second kappa shape index (κ2) is 6.78. The predicted molar refractivity (Wildman–Crippen MR) is 75.4 cm³/mol. The molecule has 4 nitrogen and oxygen atoms in total. The van der Waals surface area contributed by atoms with Crippen LogP contribution in [-0.4, -0.2) is 26.1 Å². The second-order valence-electron chi connectivity index (χ2n) is 4.66. The third-order valence-corrected chi connectivity index (χ3v) is 3.80. The molecule has 0 saturated carbocycles. The maximum atomic E-state index is 12.1. The van der Waals surface area contributed by atoms with Gasteiger partial charge in [0.15, 0.2) is 0 Å². The average Bonchev–Trinajstić information content (AvgIpc) is 2.46. The molecule has 2 N–H and O–H groups in total. The minimum Gasteiger partial charge on any atom is -0.496 e. The summed E-state index contributed by atoms with van der Waals surface area (Å²) in [5.41, 5.74) is 0.828. The van der Waals surface area contributed by atoms with Crippen molar-refractivity contribution in [2.45, 2.75) is 19.4 Å². The Morgan fingerprint density at radius 2 is 2.21 bits per heavy atom. The standard InChI is InChI=1S/C14H19ClN2O2/c1-19-13-4-2-3-12(15)11(13)9-17-14(18)10-5-7-16-8-6-10/h2-4,10,16H,5-9H2,1H3,(H,17,18). The summed E-state index contributed by atoms with van der Waals surface area (Å²) in [5.74, 6) is 0.913. The van der Waals surface area contributed by atoms with Crippen LogP contribution in [0, 0.1) is 5.92 Å². The van der Waals surface area contributed by atoms with Gasteiger partial charge in [-0.2, -0.15) is 0 Å². The number of methoxy groups -OCH3 is 1. The van der Waals surface area contributed by atoms with E-state index in [4.69, 9.17) is 16.3 Å². The highest BCUT2D eigenvalue weighted by Crippen LogP contribution is 2.26. The van der Waals surface area contributed by atoms with Gasteiger partial charge in [-0.25, -0.2) is 0 Å². The number of nitrogens with one attached hydrogen (secondary N) is 2. The molecule has 1 saturated heterocycles. The number of rotatable bonds is 4. The molecule has 1 amide bonds. The molecule has 0 atom stereocenters. The van der Waals surface area contributed by atoms with E-state index in [1.807, 2.05) is 12.1 Å². The van der Waals surface area contributed by atoms with Crippen molar-refractivity contribution in [3.63, 3.8) is 0 Å². The Balaban J connectivity index is 1.96. The van der Waals surface area contributed by atoms with Crippen LogP contribution in [-0.2, 0) is 11.3 Å². The zero-order chi connectivity index (χ0) is 13.7. The van der Waals surface area contributed by atoms with E-state index < -0.39 is 0 Å². The first-order valence-electron chi connectivity index (χ1n) is 6.52.